The summed E-state index contributed by atoms with van der Waals surface area (Å²) in [6.07, 6.45) is 0. The summed E-state index contributed by atoms with van der Waals surface area (Å²) in [5.74, 6) is -0.475. The van der Waals surface area contributed by atoms with Crippen molar-refractivity contribution in [3.63, 3.8) is 0 Å². The van der Waals surface area contributed by atoms with Crippen LogP contribution in [0.5, 0.6) is 0 Å². The Hall–Kier alpha value is -2.07. The average molecular weight is 277 g/mol. The van der Waals surface area contributed by atoms with E-state index in [1.807, 2.05) is 0 Å². The van der Waals surface area contributed by atoms with Crippen LogP contribution in [0.3, 0.4) is 0 Å². The molecular formula is C14H7ClF2N2. The average Bonchev–Trinajstić information content (AvgIpc) is 2.39. The second kappa shape index (κ2) is 4.55. The van der Waals surface area contributed by atoms with E-state index in [1.54, 1.807) is 12.1 Å². The predicted molar refractivity (Wildman–Crippen MR) is 69.9 cm³/mol. The van der Waals surface area contributed by atoms with Gasteiger partial charge < -0.3 is 0 Å². The summed E-state index contributed by atoms with van der Waals surface area (Å²) in [5.41, 5.74) is 1.04. The zero-order valence-electron chi connectivity index (χ0n) is 9.57. The van der Waals surface area contributed by atoms with Crippen molar-refractivity contribution >= 4 is 22.5 Å². The molecule has 3 aromatic rings. The lowest BCUT2D eigenvalue weighted by atomic mass is 10.2. The smallest absolute Gasteiger partial charge is 0.161 e. The molecule has 2 nitrogen and oxygen atoms in total. The van der Waals surface area contributed by atoms with Crippen molar-refractivity contribution in [3.05, 3.63) is 59.3 Å². The third-order valence-corrected chi connectivity index (χ3v) is 2.98. The van der Waals surface area contributed by atoms with E-state index in [0.717, 1.165) is 0 Å². The Bertz CT molecular complexity index is 774. The molecule has 0 unspecified atom stereocenters. The highest BCUT2D eigenvalue weighted by molar-refractivity contribution is 6.34. The molecule has 94 valence electrons. The van der Waals surface area contributed by atoms with Crippen LogP contribution in [-0.4, -0.2) is 9.97 Å². The maximum Gasteiger partial charge on any atom is 0.161 e. The Morgan fingerprint density at radius 2 is 1.68 bits per heavy atom. The molecule has 0 atom stereocenters. The third-order valence-electron chi connectivity index (χ3n) is 2.69. The molecule has 0 fully saturated rings. The molecular weight excluding hydrogens is 270 g/mol. The summed E-state index contributed by atoms with van der Waals surface area (Å²) in [6, 6.07) is 9.98. The predicted octanol–water partition coefficient (Wildman–Crippen LogP) is 4.23. The van der Waals surface area contributed by atoms with Crippen molar-refractivity contribution < 1.29 is 8.78 Å². The Balaban J connectivity index is 2.24. The normalized spacial score (nSPS) is 10.9. The van der Waals surface area contributed by atoms with Crippen LogP contribution in [0.1, 0.15) is 0 Å². The lowest BCUT2D eigenvalue weighted by Gasteiger charge is -2.04. The van der Waals surface area contributed by atoms with E-state index in [2.05, 4.69) is 9.97 Å². The Morgan fingerprint density at radius 1 is 0.895 bits per heavy atom. The molecule has 0 saturated heterocycles. The first-order chi connectivity index (χ1) is 9.13. The molecule has 0 aliphatic heterocycles. The molecule has 0 aliphatic carbocycles. The minimum atomic E-state index is -0.406. The fraction of sp³-hybridized carbons (Fsp3) is 0. The van der Waals surface area contributed by atoms with Crippen molar-refractivity contribution in [2.75, 3.05) is 0 Å². The molecule has 0 N–H and O–H groups in total. The minimum absolute atomic E-state index is 0.142. The first-order valence-electron chi connectivity index (χ1n) is 5.52. The molecule has 0 radical (unpaired) electrons. The van der Waals surface area contributed by atoms with Crippen LogP contribution >= 0.6 is 11.6 Å². The van der Waals surface area contributed by atoms with Gasteiger partial charge in [-0.3, -0.25) is 0 Å². The lowest BCUT2D eigenvalue weighted by Crippen LogP contribution is -1.93. The summed E-state index contributed by atoms with van der Waals surface area (Å²) in [4.78, 5) is 8.33. The number of hydrogen-bond acceptors (Lipinski definition) is 2. The van der Waals surface area contributed by atoms with Gasteiger partial charge in [-0.15, -0.1) is 0 Å². The zero-order valence-corrected chi connectivity index (χ0v) is 10.3. The van der Waals surface area contributed by atoms with Crippen molar-refractivity contribution in [1.29, 1.82) is 0 Å². The fourth-order valence-electron chi connectivity index (χ4n) is 1.82. The van der Waals surface area contributed by atoms with Gasteiger partial charge in [0.2, 0.25) is 0 Å². The molecule has 19 heavy (non-hydrogen) atoms. The van der Waals surface area contributed by atoms with E-state index >= 15 is 0 Å². The van der Waals surface area contributed by atoms with Gasteiger partial charge in [0.05, 0.1) is 5.52 Å². The highest BCUT2D eigenvalue weighted by Gasteiger charge is 2.09. The van der Waals surface area contributed by atoms with E-state index < -0.39 is 5.82 Å². The number of nitrogens with zero attached hydrogens (tertiary/aromatic N) is 2. The molecule has 0 saturated carbocycles. The number of fused-ring (bicyclic) bond motifs is 1. The first-order valence-corrected chi connectivity index (χ1v) is 5.90. The minimum Gasteiger partial charge on any atom is -0.228 e. The van der Waals surface area contributed by atoms with Crippen molar-refractivity contribution in [2.24, 2.45) is 0 Å². The summed E-state index contributed by atoms with van der Waals surface area (Å²) in [6.45, 7) is 0. The summed E-state index contributed by atoms with van der Waals surface area (Å²) < 4.78 is 26.3. The molecule has 2 aromatic carbocycles. The number of halogens is 3. The van der Waals surface area contributed by atoms with Gasteiger partial charge in [0.1, 0.15) is 16.8 Å². The van der Waals surface area contributed by atoms with Crippen LogP contribution in [0.15, 0.2) is 42.5 Å². The van der Waals surface area contributed by atoms with Crippen LogP contribution in [0.25, 0.3) is 22.3 Å². The number of benzene rings is 2. The summed E-state index contributed by atoms with van der Waals surface area (Å²) in [5, 5.41) is 0.575. The van der Waals surface area contributed by atoms with Gasteiger partial charge in [-0.05, 0) is 30.3 Å². The third kappa shape index (κ3) is 2.27. The van der Waals surface area contributed by atoms with Crippen LogP contribution < -0.4 is 0 Å². The Morgan fingerprint density at radius 3 is 2.47 bits per heavy atom. The highest BCUT2D eigenvalue weighted by Crippen LogP contribution is 2.25. The zero-order chi connectivity index (χ0) is 13.4. The first kappa shape index (κ1) is 12.0. The topological polar surface area (TPSA) is 25.8 Å². The largest absolute Gasteiger partial charge is 0.228 e. The van der Waals surface area contributed by atoms with Crippen molar-refractivity contribution in [1.82, 2.24) is 9.97 Å². The van der Waals surface area contributed by atoms with Crippen molar-refractivity contribution in [2.45, 2.75) is 0 Å². The SMILES string of the molecule is Fc1cccc(-c2nc(Cl)c3cc(F)ccc3n2)c1. The molecule has 1 aromatic heterocycles. The van der Waals surface area contributed by atoms with E-state index in [9.17, 15) is 8.78 Å². The Kier molecular flexibility index (Phi) is 2.87. The van der Waals surface area contributed by atoms with Gasteiger partial charge in [0.15, 0.2) is 5.82 Å². The lowest BCUT2D eigenvalue weighted by molar-refractivity contribution is 0.628. The van der Waals surface area contributed by atoms with Crippen LogP contribution in [0, 0.1) is 11.6 Å². The number of rotatable bonds is 1. The molecule has 0 amide bonds. The summed E-state index contributed by atoms with van der Waals surface area (Å²) >= 11 is 6.01. The standard InChI is InChI=1S/C14H7ClF2N2/c15-13-11-7-10(17)4-5-12(11)18-14(19-13)8-2-1-3-9(16)6-8/h1-7H. The van der Waals surface area contributed by atoms with Gasteiger partial charge >= 0.3 is 0 Å². The maximum atomic E-state index is 13.2. The van der Waals surface area contributed by atoms with E-state index in [4.69, 9.17) is 11.6 Å². The second-order valence-electron chi connectivity index (χ2n) is 4.01. The van der Waals surface area contributed by atoms with Crippen LogP contribution in [-0.2, 0) is 0 Å². The number of aromatic nitrogens is 2. The molecule has 1 heterocycles. The molecule has 5 heteroatoms. The van der Waals surface area contributed by atoms with Crippen LogP contribution in [0.2, 0.25) is 5.15 Å². The molecule has 3 rings (SSSR count). The second-order valence-corrected chi connectivity index (χ2v) is 4.37. The Labute approximate surface area is 112 Å². The van der Waals surface area contributed by atoms with E-state index in [0.29, 0.717) is 22.3 Å². The summed E-state index contributed by atoms with van der Waals surface area (Å²) in [7, 11) is 0. The fourth-order valence-corrected chi connectivity index (χ4v) is 2.05. The van der Waals surface area contributed by atoms with Crippen LogP contribution in [0.4, 0.5) is 8.78 Å². The van der Waals surface area contributed by atoms with Crippen molar-refractivity contribution in [3.8, 4) is 11.4 Å². The van der Waals surface area contributed by atoms with Gasteiger partial charge in [-0.1, -0.05) is 23.7 Å². The van der Waals surface area contributed by atoms with Gasteiger partial charge in [0, 0.05) is 10.9 Å². The van der Waals surface area contributed by atoms with Gasteiger partial charge in [-0.25, -0.2) is 18.7 Å². The van der Waals surface area contributed by atoms with Gasteiger partial charge in [0.25, 0.3) is 0 Å². The monoisotopic (exact) mass is 276 g/mol. The quantitative estimate of drug-likeness (QED) is 0.622. The number of hydrogen-bond donors (Lipinski definition) is 0. The molecule has 0 bridgehead atoms. The maximum absolute atomic E-state index is 13.2. The molecule has 0 spiro atoms. The van der Waals surface area contributed by atoms with E-state index in [-0.39, 0.29) is 11.0 Å². The highest BCUT2D eigenvalue weighted by atomic mass is 35.5. The van der Waals surface area contributed by atoms with E-state index in [1.165, 1.54) is 30.3 Å². The van der Waals surface area contributed by atoms with Gasteiger partial charge in [-0.2, -0.15) is 0 Å². The molecule has 0 aliphatic rings.